The molecule has 1 aliphatic heterocycles. The van der Waals surface area contributed by atoms with Crippen molar-refractivity contribution in [2.24, 2.45) is 5.92 Å². The van der Waals surface area contributed by atoms with Crippen LogP contribution in [0.25, 0.3) is 0 Å². The molecule has 1 aromatic heterocycles. The molecular weight excluding hydrogens is 395 g/mol. The Kier molecular flexibility index (Phi) is 6.90. The predicted octanol–water partition coefficient (Wildman–Crippen LogP) is 3.41. The van der Waals surface area contributed by atoms with Crippen molar-refractivity contribution in [1.82, 2.24) is 20.0 Å². The summed E-state index contributed by atoms with van der Waals surface area (Å²) in [6.07, 6.45) is 2.19. The summed E-state index contributed by atoms with van der Waals surface area (Å²) in [7, 11) is 0. The van der Waals surface area contributed by atoms with Crippen molar-refractivity contribution in [2.45, 2.75) is 39.7 Å². The lowest BCUT2D eigenvalue weighted by Crippen LogP contribution is -2.43. The summed E-state index contributed by atoms with van der Waals surface area (Å²) in [5, 5.41) is 7.60. The number of carbonyl (C=O) groups excluding carboxylic acids is 2. The van der Waals surface area contributed by atoms with Gasteiger partial charge in [0, 0.05) is 25.6 Å². The maximum atomic E-state index is 13.1. The number of carbonyl (C=O) groups is 2. The predicted molar refractivity (Wildman–Crippen MR) is 109 cm³/mol. The smallest absolute Gasteiger partial charge is 0.258 e. The number of benzene rings is 1. The molecule has 2 amide bonds. The maximum Gasteiger partial charge on any atom is 0.258 e. The van der Waals surface area contributed by atoms with Crippen LogP contribution in [0, 0.1) is 18.7 Å². The molecule has 1 N–H and O–H groups in total. The van der Waals surface area contributed by atoms with E-state index in [0.29, 0.717) is 50.3 Å². The quantitative estimate of drug-likeness (QED) is 0.778. The molecule has 0 bridgehead atoms. The van der Waals surface area contributed by atoms with Gasteiger partial charge in [-0.3, -0.25) is 9.59 Å². The van der Waals surface area contributed by atoms with Gasteiger partial charge in [-0.05, 0) is 43.9 Å². The molecule has 0 radical (unpaired) electrons. The SMILES string of the molecule is CCCNC(=O)C1CCN(C(=O)c2c(C)nn(Cc3ccc(F)cc3)c2Cl)CC1. The van der Waals surface area contributed by atoms with E-state index in [-0.39, 0.29) is 28.7 Å². The molecule has 0 atom stereocenters. The average molecular weight is 421 g/mol. The zero-order valence-corrected chi connectivity index (χ0v) is 17.5. The summed E-state index contributed by atoms with van der Waals surface area (Å²) in [5.74, 6) is -0.451. The highest BCUT2D eigenvalue weighted by molar-refractivity contribution is 6.33. The molecule has 29 heavy (non-hydrogen) atoms. The molecule has 1 aromatic carbocycles. The summed E-state index contributed by atoms with van der Waals surface area (Å²) in [4.78, 5) is 26.9. The van der Waals surface area contributed by atoms with Gasteiger partial charge in [-0.1, -0.05) is 30.7 Å². The molecule has 2 heterocycles. The lowest BCUT2D eigenvalue weighted by molar-refractivity contribution is -0.126. The molecule has 8 heteroatoms. The number of nitrogens with zero attached hydrogens (tertiary/aromatic N) is 3. The number of halogens is 2. The van der Waals surface area contributed by atoms with Crippen LogP contribution < -0.4 is 5.32 Å². The number of aromatic nitrogens is 2. The molecule has 6 nitrogen and oxygen atoms in total. The molecule has 3 rings (SSSR count). The van der Waals surface area contributed by atoms with Crippen molar-refractivity contribution in [3.63, 3.8) is 0 Å². The van der Waals surface area contributed by atoms with Gasteiger partial charge in [-0.15, -0.1) is 0 Å². The van der Waals surface area contributed by atoms with Crippen LogP contribution in [0.3, 0.4) is 0 Å². The Balaban J connectivity index is 1.66. The highest BCUT2D eigenvalue weighted by atomic mass is 35.5. The molecule has 0 aliphatic carbocycles. The summed E-state index contributed by atoms with van der Waals surface area (Å²) >= 11 is 6.48. The number of hydrogen-bond acceptors (Lipinski definition) is 3. The number of likely N-dealkylation sites (tertiary alicyclic amines) is 1. The van der Waals surface area contributed by atoms with Gasteiger partial charge in [-0.2, -0.15) is 5.10 Å². The number of piperidine rings is 1. The summed E-state index contributed by atoms with van der Waals surface area (Å²) in [6, 6.07) is 6.09. The first-order chi connectivity index (χ1) is 13.9. The molecule has 1 fully saturated rings. The molecule has 0 saturated carbocycles. The number of nitrogens with one attached hydrogen (secondary N) is 1. The van der Waals surface area contributed by atoms with Crippen molar-refractivity contribution in [2.75, 3.05) is 19.6 Å². The van der Waals surface area contributed by atoms with Crippen LogP contribution in [0.15, 0.2) is 24.3 Å². The number of rotatable bonds is 6. The van der Waals surface area contributed by atoms with Crippen LogP contribution in [0.2, 0.25) is 5.15 Å². The maximum absolute atomic E-state index is 13.1. The minimum absolute atomic E-state index is 0.0524. The van der Waals surface area contributed by atoms with Gasteiger partial charge in [0.25, 0.3) is 5.91 Å². The van der Waals surface area contributed by atoms with Crippen LogP contribution in [0.4, 0.5) is 4.39 Å². The Hall–Kier alpha value is -2.41. The van der Waals surface area contributed by atoms with Crippen molar-refractivity contribution in [3.05, 3.63) is 52.1 Å². The second kappa shape index (κ2) is 9.39. The summed E-state index contributed by atoms with van der Waals surface area (Å²) < 4.78 is 14.7. The van der Waals surface area contributed by atoms with Crippen molar-refractivity contribution >= 4 is 23.4 Å². The van der Waals surface area contributed by atoms with Crippen LogP contribution in [-0.4, -0.2) is 46.1 Å². The van der Waals surface area contributed by atoms with Crippen LogP contribution in [-0.2, 0) is 11.3 Å². The Morgan fingerprint density at radius 3 is 2.52 bits per heavy atom. The molecular formula is C21H26ClFN4O2. The first kappa shape index (κ1) is 21.3. The van der Waals surface area contributed by atoms with Gasteiger partial charge in [0.2, 0.25) is 5.91 Å². The molecule has 156 valence electrons. The standard InChI is InChI=1S/C21H26ClFN4O2/c1-3-10-24-20(28)16-8-11-26(12-9-16)21(29)18-14(2)25-27(19(18)22)13-15-4-6-17(23)7-5-15/h4-7,16H,3,8-13H2,1-2H3,(H,24,28). The Morgan fingerprint density at radius 1 is 1.24 bits per heavy atom. The normalized spacial score (nSPS) is 14.8. The third-order valence-electron chi connectivity index (χ3n) is 5.23. The van der Waals surface area contributed by atoms with Gasteiger partial charge >= 0.3 is 0 Å². The molecule has 0 spiro atoms. The van der Waals surface area contributed by atoms with Crippen molar-refractivity contribution in [3.8, 4) is 0 Å². The van der Waals surface area contributed by atoms with E-state index >= 15 is 0 Å². The second-order valence-corrected chi connectivity index (χ2v) is 7.75. The topological polar surface area (TPSA) is 67.2 Å². The van der Waals surface area contributed by atoms with Gasteiger partial charge in [0.1, 0.15) is 11.0 Å². The van der Waals surface area contributed by atoms with Crippen LogP contribution in [0.5, 0.6) is 0 Å². The van der Waals surface area contributed by atoms with E-state index in [0.717, 1.165) is 12.0 Å². The van der Waals surface area contributed by atoms with E-state index < -0.39 is 0 Å². The molecule has 0 unspecified atom stereocenters. The Morgan fingerprint density at radius 2 is 1.90 bits per heavy atom. The zero-order chi connectivity index (χ0) is 21.0. The van der Waals surface area contributed by atoms with E-state index in [1.54, 1.807) is 28.6 Å². The number of aryl methyl sites for hydroxylation is 1. The van der Waals surface area contributed by atoms with Gasteiger partial charge in [0.05, 0.1) is 17.8 Å². The first-order valence-electron chi connectivity index (χ1n) is 9.95. The van der Waals surface area contributed by atoms with E-state index in [1.807, 2.05) is 6.92 Å². The minimum atomic E-state index is -0.306. The zero-order valence-electron chi connectivity index (χ0n) is 16.8. The lowest BCUT2D eigenvalue weighted by Gasteiger charge is -2.31. The third kappa shape index (κ3) is 4.96. The molecule has 2 aromatic rings. The van der Waals surface area contributed by atoms with Crippen LogP contribution >= 0.6 is 11.6 Å². The van der Waals surface area contributed by atoms with E-state index in [4.69, 9.17) is 11.6 Å². The van der Waals surface area contributed by atoms with Crippen molar-refractivity contribution < 1.29 is 14.0 Å². The second-order valence-electron chi connectivity index (χ2n) is 7.39. The summed E-state index contributed by atoms with van der Waals surface area (Å²) in [6.45, 7) is 5.84. The summed E-state index contributed by atoms with van der Waals surface area (Å²) in [5.41, 5.74) is 1.79. The van der Waals surface area contributed by atoms with E-state index in [2.05, 4.69) is 10.4 Å². The monoisotopic (exact) mass is 420 g/mol. The lowest BCUT2D eigenvalue weighted by atomic mass is 9.95. The van der Waals surface area contributed by atoms with Gasteiger partial charge in [-0.25, -0.2) is 9.07 Å². The number of amides is 2. The van der Waals surface area contributed by atoms with Gasteiger partial charge in [0.15, 0.2) is 0 Å². The average Bonchev–Trinajstić information content (AvgIpc) is 3.00. The largest absolute Gasteiger partial charge is 0.356 e. The third-order valence-corrected chi connectivity index (χ3v) is 5.61. The number of hydrogen-bond donors (Lipinski definition) is 1. The fourth-order valence-electron chi connectivity index (χ4n) is 3.56. The highest BCUT2D eigenvalue weighted by Gasteiger charge is 2.30. The molecule has 1 saturated heterocycles. The van der Waals surface area contributed by atoms with E-state index in [1.165, 1.54) is 12.1 Å². The molecule has 1 aliphatic rings. The fraction of sp³-hybridized carbons (Fsp3) is 0.476. The first-order valence-corrected chi connectivity index (χ1v) is 10.3. The van der Waals surface area contributed by atoms with Crippen LogP contribution in [0.1, 0.15) is 47.8 Å². The Labute approximate surface area is 175 Å². The van der Waals surface area contributed by atoms with Gasteiger partial charge < -0.3 is 10.2 Å². The fourth-order valence-corrected chi connectivity index (χ4v) is 3.87. The Bertz CT molecular complexity index is 874. The highest BCUT2D eigenvalue weighted by Crippen LogP contribution is 2.25. The minimum Gasteiger partial charge on any atom is -0.356 e. The van der Waals surface area contributed by atoms with E-state index in [9.17, 15) is 14.0 Å². The van der Waals surface area contributed by atoms with Crippen molar-refractivity contribution in [1.29, 1.82) is 0 Å².